The molecule has 31 heavy (non-hydrogen) atoms. The van der Waals surface area contributed by atoms with E-state index in [1.54, 1.807) is 54.6 Å². The summed E-state index contributed by atoms with van der Waals surface area (Å²) in [6, 6.07) is 16.4. The molecule has 0 saturated heterocycles. The summed E-state index contributed by atoms with van der Waals surface area (Å²) in [5.41, 5.74) is 8.24. The first kappa shape index (κ1) is 20.4. The Bertz CT molecular complexity index is 1190. The van der Waals surface area contributed by atoms with E-state index in [9.17, 15) is 14.0 Å². The van der Waals surface area contributed by atoms with Crippen LogP contribution in [0.4, 0.5) is 10.1 Å². The summed E-state index contributed by atoms with van der Waals surface area (Å²) in [7, 11) is 1.27. The second-order valence-corrected chi connectivity index (χ2v) is 6.83. The lowest BCUT2D eigenvalue weighted by molar-refractivity contribution is -0.119. The van der Waals surface area contributed by atoms with E-state index in [-0.39, 0.29) is 23.4 Å². The smallest absolute Gasteiger partial charge is 0.339 e. The summed E-state index contributed by atoms with van der Waals surface area (Å²) in [4.78, 5) is 35.4. The molecule has 4 rings (SSSR count). The van der Waals surface area contributed by atoms with Gasteiger partial charge >= 0.3 is 5.97 Å². The minimum Gasteiger partial charge on any atom is -0.465 e. The number of fused-ring (bicyclic) bond motifs is 1. The molecular formula is C23H19FN4O3. The quantitative estimate of drug-likeness (QED) is 0.657. The Hall–Kier alpha value is -3.91. The number of esters is 1. The summed E-state index contributed by atoms with van der Waals surface area (Å²) in [5.74, 6) is -1.53. The minimum absolute atomic E-state index is 0.0328. The zero-order valence-corrected chi connectivity index (χ0v) is 16.7. The van der Waals surface area contributed by atoms with Crippen LogP contribution in [0.3, 0.4) is 0 Å². The highest BCUT2D eigenvalue weighted by Gasteiger charge is 2.31. The van der Waals surface area contributed by atoms with Gasteiger partial charge in [-0.15, -0.1) is 0 Å². The van der Waals surface area contributed by atoms with Crippen LogP contribution in [0.15, 0.2) is 71.9 Å². The van der Waals surface area contributed by atoms with E-state index < -0.39 is 23.9 Å². The highest BCUT2D eigenvalue weighted by Crippen LogP contribution is 2.30. The maximum absolute atomic E-state index is 14.6. The Kier molecular flexibility index (Phi) is 5.55. The molecule has 0 saturated carbocycles. The van der Waals surface area contributed by atoms with Gasteiger partial charge in [0, 0.05) is 17.3 Å². The number of nitrogens with zero attached hydrogens (tertiary/aromatic N) is 3. The fraction of sp³-hybridized carbons (Fsp3) is 0.130. The van der Waals surface area contributed by atoms with E-state index in [0.29, 0.717) is 16.9 Å². The number of anilines is 1. The van der Waals surface area contributed by atoms with Gasteiger partial charge in [-0.2, -0.15) is 0 Å². The molecule has 0 spiro atoms. The van der Waals surface area contributed by atoms with Gasteiger partial charge in [-0.3, -0.25) is 14.8 Å². The number of rotatable bonds is 4. The molecule has 1 amide bonds. The van der Waals surface area contributed by atoms with Crippen LogP contribution in [0.2, 0.25) is 0 Å². The summed E-state index contributed by atoms with van der Waals surface area (Å²) in [5, 5.41) is 0. The van der Waals surface area contributed by atoms with E-state index >= 15 is 0 Å². The highest BCUT2D eigenvalue weighted by atomic mass is 19.1. The standard InChI is InChI=1S/C23H19FN4O3/c1-31-23(30)15-9-6-12-26-18(15)13-28-19-11-5-3-8-16(19)20(27-21(25)22(28)29)14-7-2-4-10-17(14)24/h2-12,21H,13,25H2,1H3. The molecule has 1 aliphatic heterocycles. The summed E-state index contributed by atoms with van der Waals surface area (Å²) >= 11 is 0. The molecular weight excluding hydrogens is 399 g/mol. The first-order valence-electron chi connectivity index (χ1n) is 9.52. The Labute approximate surface area is 178 Å². The number of methoxy groups -OCH3 is 1. The van der Waals surface area contributed by atoms with Gasteiger partial charge in [0.1, 0.15) is 5.82 Å². The van der Waals surface area contributed by atoms with Gasteiger partial charge < -0.3 is 15.4 Å². The Morgan fingerprint density at radius 1 is 1.10 bits per heavy atom. The Morgan fingerprint density at radius 2 is 1.81 bits per heavy atom. The van der Waals surface area contributed by atoms with Gasteiger partial charge in [0.15, 0.2) is 6.17 Å². The molecule has 3 aromatic rings. The SMILES string of the molecule is COC(=O)c1cccnc1CN1C(=O)C(N)N=C(c2ccccc2F)c2ccccc21. The second kappa shape index (κ2) is 8.45. The van der Waals surface area contributed by atoms with Crippen molar-refractivity contribution in [3.05, 3.63) is 95.1 Å². The molecule has 0 bridgehead atoms. The number of aromatic nitrogens is 1. The molecule has 156 valence electrons. The van der Waals surface area contributed by atoms with Crippen LogP contribution in [0.25, 0.3) is 0 Å². The molecule has 2 N–H and O–H groups in total. The zero-order valence-electron chi connectivity index (χ0n) is 16.7. The summed E-state index contributed by atoms with van der Waals surface area (Å²) in [6.45, 7) is -0.0328. The van der Waals surface area contributed by atoms with Crippen molar-refractivity contribution in [1.82, 2.24) is 4.98 Å². The molecule has 8 heteroatoms. The third kappa shape index (κ3) is 3.80. The minimum atomic E-state index is -1.26. The number of hydrogen-bond donors (Lipinski definition) is 1. The maximum Gasteiger partial charge on any atom is 0.339 e. The Balaban J connectivity index is 1.84. The van der Waals surface area contributed by atoms with Gasteiger partial charge in [-0.25, -0.2) is 9.18 Å². The maximum atomic E-state index is 14.6. The van der Waals surface area contributed by atoms with Crippen LogP contribution in [-0.4, -0.2) is 35.8 Å². The molecule has 0 fully saturated rings. The predicted octanol–water partition coefficient (Wildman–Crippen LogP) is 2.68. The fourth-order valence-corrected chi connectivity index (χ4v) is 3.49. The van der Waals surface area contributed by atoms with Gasteiger partial charge in [-0.05, 0) is 30.3 Å². The van der Waals surface area contributed by atoms with E-state index in [1.807, 2.05) is 0 Å². The van der Waals surface area contributed by atoms with Crippen molar-refractivity contribution in [2.75, 3.05) is 12.0 Å². The third-order valence-electron chi connectivity index (χ3n) is 4.97. The summed E-state index contributed by atoms with van der Waals surface area (Å²) < 4.78 is 19.4. The Morgan fingerprint density at radius 3 is 2.55 bits per heavy atom. The molecule has 7 nitrogen and oxygen atoms in total. The topological polar surface area (TPSA) is 97.9 Å². The molecule has 1 atom stereocenters. The summed E-state index contributed by atoms with van der Waals surface area (Å²) in [6.07, 6.45) is 0.268. The van der Waals surface area contributed by atoms with E-state index in [1.165, 1.54) is 24.3 Å². The van der Waals surface area contributed by atoms with Crippen molar-refractivity contribution < 1.29 is 18.7 Å². The van der Waals surface area contributed by atoms with Crippen LogP contribution >= 0.6 is 0 Å². The molecule has 1 aromatic heterocycles. The largest absolute Gasteiger partial charge is 0.465 e. The predicted molar refractivity (Wildman–Crippen MR) is 113 cm³/mol. The number of carbonyl (C=O) groups excluding carboxylic acids is 2. The molecule has 2 aromatic carbocycles. The van der Waals surface area contributed by atoms with Crippen LogP contribution < -0.4 is 10.6 Å². The molecule has 0 radical (unpaired) electrons. The first-order chi connectivity index (χ1) is 15.0. The van der Waals surface area contributed by atoms with Crippen molar-refractivity contribution in [3.63, 3.8) is 0 Å². The number of ether oxygens (including phenoxy) is 1. The first-order valence-corrected chi connectivity index (χ1v) is 9.52. The highest BCUT2D eigenvalue weighted by molar-refractivity contribution is 6.20. The number of halogens is 1. The van der Waals surface area contributed by atoms with Crippen molar-refractivity contribution in [1.29, 1.82) is 0 Å². The van der Waals surface area contributed by atoms with Crippen LogP contribution in [0.5, 0.6) is 0 Å². The lowest BCUT2D eigenvalue weighted by atomic mass is 9.99. The molecule has 1 aliphatic rings. The van der Waals surface area contributed by atoms with Gasteiger partial charge in [-0.1, -0.05) is 30.3 Å². The van der Waals surface area contributed by atoms with Crippen LogP contribution in [0, 0.1) is 5.82 Å². The number of benzene rings is 2. The average Bonchev–Trinajstić information content (AvgIpc) is 2.90. The number of carbonyl (C=O) groups is 2. The normalized spacial score (nSPS) is 15.7. The third-order valence-corrected chi connectivity index (χ3v) is 4.97. The molecule has 2 heterocycles. The lowest BCUT2D eigenvalue weighted by Gasteiger charge is -2.24. The van der Waals surface area contributed by atoms with Crippen molar-refractivity contribution in [2.24, 2.45) is 10.7 Å². The number of benzodiazepines with no additional fused rings is 1. The number of aliphatic imine (C=N–C) groups is 1. The van der Waals surface area contributed by atoms with Gasteiger partial charge in [0.25, 0.3) is 5.91 Å². The molecule has 0 aliphatic carbocycles. The van der Waals surface area contributed by atoms with Gasteiger partial charge in [0.05, 0.1) is 36.3 Å². The second-order valence-electron chi connectivity index (χ2n) is 6.83. The van der Waals surface area contributed by atoms with Crippen LogP contribution in [0.1, 0.15) is 27.2 Å². The van der Waals surface area contributed by atoms with Crippen LogP contribution in [-0.2, 0) is 16.1 Å². The number of nitrogens with two attached hydrogens (primary N) is 1. The van der Waals surface area contributed by atoms with Gasteiger partial charge in [0.2, 0.25) is 0 Å². The van der Waals surface area contributed by atoms with Crippen molar-refractivity contribution in [3.8, 4) is 0 Å². The van der Waals surface area contributed by atoms with E-state index in [0.717, 1.165) is 0 Å². The van der Waals surface area contributed by atoms with Crippen molar-refractivity contribution >= 4 is 23.3 Å². The molecule has 1 unspecified atom stereocenters. The monoisotopic (exact) mass is 418 g/mol. The number of amides is 1. The lowest BCUT2D eigenvalue weighted by Crippen LogP contribution is -2.42. The van der Waals surface area contributed by atoms with E-state index in [4.69, 9.17) is 10.5 Å². The van der Waals surface area contributed by atoms with E-state index in [2.05, 4.69) is 9.98 Å². The zero-order chi connectivity index (χ0) is 22.0. The van der Waals surface area contributed by atoms with Crippen molar-refractivity contribution in [2.45, 2.75) is 12.7 Å². The number of para-hydroxylation sites is 1. The average molecular weight is 418 g/mol. The number of hydrogen-bond acceptors (Lipinski definition) is 6. The number of pyridine rings is 1. The fourth-order valence-electron chi connectivity index (χ4n) is 3.49.